The van der Waals surface area contributed by atoms with Crippen LogP contribution in [0.3, 0.4) is 0 Å². The molecule has 0 radical (unpaired) electrons. The van der Waals surface area contributed by atoms with E-state index < -0.39 is 0 Å². The molecule has 1 aliphatic heterocycles. The summed E-state index contributed by atoms with van der Waals surface area (Å²) >= 11 is 0. The molecule has 0 aromatic carbocycles. The van der Waals surface area contributed by atoms with Gasteiger partial charge in [0.15, 0.2) is 0 Å². The first-order valence-corrected chi connectivity index (χ1v) is 10.4. The standard InChI is InChI=1S/C19H35N5O3.ClH/c20-10-12-21-18(26)15-6-5-13-24(14-15)17(25)9-4-11-22-19(27)23-16-7-2-1-3-8-16;/h15-16H,1-14,20H2,(H,21,26)(H2,22,23,27);1H. The normalized spacial score (nSPS) is 20.0. The van der Waals surface area contributed by atoms with E-state index in [1.165, 1.54) is 19.3 Å². The Morgan fingerprint density at radius 3 is 2.43 bits per heavy atom. The Labute approximate surface area is 174 Å². The number of urea groups is 1. The van der Waals surface area contributed by atoms with Crippen LogP contribution in [0.2, 0.25) is 0 Å². The maximum absolute atomic E-state index is 12.4. The van der Waals surface area contributed by atoms with Gasteiger partial charge in [0.1, 0.15) is 0 Å². The molecule has 1 heterocycles. The van der Waals surface area contributed by atoms with Crippen molar-refractivity contribution in [3.8, 4) is 0 Å². The Balaban J connectivity index is 0.00000392. The summed E-state index contributed by atoms with van der Waals surface area (Å²) in [5, 5.41) is 8.65. The topological polar surface area (TPSA) is 117 Å². The summed E-state index contributed by atoms with van der Waals surface area (Å²) in [6, 6.07) is 0.153. The third-order valence-corrected chi connectivity index (χ3v) is 5.38. The van der Waals surface area contributed by atoms with E-state index in [1.807, 2.05) is 0 Å². The van der Waals surface area contributed by atoms with Crippen molar-refractivity contribution >= 4 is 30.3 Å². The average Bonchev–Trinajstić information content (AvgIpc) is 2.70. The third kappa shape index (κ3) is 8.65. The van der Waals surface area contributed by atoms with Gasteiger partial charge in [0.25, 0.3) is 0 Å². The minimum absolute atomic E-state index is 0. The lowest BCUT2D eigenvalue weighted by molar-refractivity contribution is -0.135. The van der Waals surface area contributed by atoms with Crippen LogP contribution in [0, 0.1) is 5.92 Å². The summed E-state index contributed by atoms with van der Waals surface area (Å²) < 4.78 is 0. The highest BCUT2D eigenvalue weighted by molar-refractivity contribution is 5.85. The molecule has 162 valence electrons. The number of nitrogens with two attached hydrogens (primary N) is 1. The number of halogens is 1. The third-order valence-electron chi connectivity index (χ3n) is 5.38. The van der Waals surface area contributed by atoms with Crippen LogP contribution in [0.25, 0.3) is 0 Å². The van der Waals surface area contributed by atoms with Gasteiger partial charge < -0.3 is 26.6 Å². The highest BCUT2D eigenvalue weighted by Crippen LogP contribution is 2.18. The molecule has 0 bridgehead atoms. The molecule has 1 atom stereocenters. The molecule has 2 rings (SSSR count). The van der Waals surface area contributed by atoms with Crippen LogP contribution in [0.1, 0.15) is 57.8 Å². The second kappa shape index (κ2) is 13.6. The number of carbonyl (C=O) groups excluding carboxylic acids is 3. The minimum Gasteiger partial charge on any atom is -0.355 e. The maximum atomic E-state index is 12.4. The van der Waals surface area contributed by atoms with Crippen molar-refractivity contribution < 1.29 is 14.4 Å². The minimum atomic E-state index is -0.145. The lowest BCUT2D eigenvalue weighted by Crippen LogP contribution is -2.46. The second-order valence-electron chi connectivity index (χ2n) is 7.60. The molecule has 1 aliphatic carbocycles. The summed E-state index contributed by atoms with van der Waals surface area (Å²) in [6.07, 6.45) is 8.38. The SMILES string of the molecule is Cl.NCCNC(=O)C1CCCN(C(=O)CCCNC(=O)NC2CCCCC2)C1. The van der Waals surface area contributed by atoms with E-state index in [2.05, 4.69) is 16.0 Å². The number of nitrogens with one attached hydrogen (secondary N) is 3. The van der Waals surface area contributed by atoms with E-state index in [1.54, 1.807) is 4.90 Å². The number of rotatable bonds is 8. The number of hydrogen-bond donors (Lipinski definition) is 4. The molecule has 1 unspecified atom stereocenters. The maximum Gasteiger partial charge on any atom is 0.315 e. The Morgan fingerprint density at radius 2 is 1.71 bits per heavy atom. The first-order valence-electron chi connectivity index (χ1n) is 10.4. The number of nitrogens with zero attached hydrogens (tertiary/aromatic N) is 1. The summed E-state index contributed by atoms with van der Waals surface area (Å²) in [5.41, 5.74) is 5.41. The molecule has 28 heavy (non-hydrogen) atoms. The smallest absolute Gasteiger partial charge is 0.315 e. The van der Waals surface area contributed by atoms with Gasteiger partial charge in [0.2, 0.25) is 11.8 Å². The molecular weight excluding hydrogens is 382 g/mol. The zero-order valence-electron chi connectivity index (χ0n) is 16.7. The van der Waals surface area contributed by atoms with Crippen molar-refractivity contribution in [3.63, 3.8) is 0 Å². The predicted octanol–water partition coefficient (Wildman–Crippen LogP) is 1.13. The first kappa shape index (κ1) is 24.5. The van der Waals surface area contributed by atoms with Crippen molar-refractivity contribution in [2.24, 2.45) is 11.7 Å². The van der Waals surface area contributed by atoms with Crippen LogP contribution >= 0.6 is 12.4 Å². The van der Waals surface area contributed by atoms with E-state index >= 15 is 0 Å². The fourth-order valence-electron chi connectivity index (χ4n) is 3.84. The lowest BCUT2D eigenvalue weighted by Gasteiger charge is -2.32. The monoisotopic (exact) mass is 417 g/mol. The Kier molecular flexibility index (Phi) is 11.9. The zero-order chi connectivity index (χ0) is 19.5. The summed E-state index contributed by atoms with van der Waals surface area (Å²) in [6.45, 7) is 2.55. The largest absolute Gasteiger partial charge is 0.355 e. The molecule has 5 N–H and O–H groups in total. The average molecular weight is 418 g/mol. The quantitative estimate of drug-likeness (QED) is 0.443. The Morgan fingerprint density at radius 1 is 0.964 bits per heavy atom. The molecule has 9 heteroatoms. The molecule has 1 saturated carbocycles. The Bertz CT molecular complexity index is 500. The molecule has 8 nitrogen and oxygen atoms in total. The zero-order valence-corrected chi connectivity index (χ0v) is 17.5. The van der Waals surface area contributed by atoms with Crippen molar-refractivity contribution in [2.75, 3.05) is 32.7 Å². The summed E-state index contributed by atoms with van der Waals surface area (Å²) in [7, 11) is 0. The van der Waals surface area contributed by atoms with E-state index in [0.717, 1.165) is 25.7 Å². The number of amides is 4. The highest BCUT2D eigenvalue weighted by Gasteiger charge is 2.27. The predicted molar refractivity (Wildman–Crippen MR) is 111 cm³/mol. The van der Waals surface area contributed by atoms with Crippen molar-refractivity contribution in [2.45, 2.75) is 63.8 Å². The fraction of sp³-hybridized carbons (Fsp3) is 0.842. The number of carbonyl (C=O) groups is 3. The first-order chi connectivity index (χ1) is 13.1. The van der Waals surface area contributed by atoms with Crippen molar-refractivity contribution in [1.82, 2.24) is 20.9 Å². The van der Waals surface area contributed by atoms with E-state index in [0.29, 0.717) is 45.6 Å². The van der Waals surface area contributed by atoms with Crippen LogP contribution in [0.4, 0.5) is 4.79 Å². The van der Waals surface area contributed by atoms with Crippen molar-refractivity contribution in [3.05, 3.63) is 0 Å². The van der Waals surface area contributed by atoms with Crippen LogP contribution < -0.4 is 21.7 Å². The molecular formula is C19H36ClN5O3. The van der Waals surface area contributed by atoms with E-state index in [-0.39, 0.29) is 42.2 Å². The molecule has 4 amide bonds. The van der Waals surface area contributed by atoms with Gasteiger partial charge in [-0.05, 0) is 32.1 Å². The molecule has 2 fully saturated rings. The summed E-state index contributed by atoms with van der Waals surface area (Å²) in [5.74, 6) is -0.103. The molecule has 0 aromatic rings. The second-order valence-corrected chi connectivity index (χ2v) is 7.60. The van der Waals surface area contributed by atoms with Gasteiger partial charge in [0.05, 0.1) is 5.92 Å². The van der Waals surface area contributed by atoms with Gasteiger partial charge in [-0.3, -0.25) is 9.59 Å². The Hall–Kier alpha value is -1.54. The van der Waals surface area contributed by atoms with E-state index in [9.17, 15) is 14.4 Å². The van der Waals surface area contributed by atoms with Gasteiger partial charge in [-0.15, -0.1) is 12.4 Å². The van der Waals surface area contributed by atoms with Gasteiger partial charge in [-0.1, -0.05) is 19.3 Å². The lowest BCUT2D eigenvalue weighted by atomic mass is 9.96. The van der Waals surface area contributed by atoms with Gasteiger partial charge >= 0.3 is 6.03 Å². The molecule has 1 saturated heterocycles. The van der Waals surface area contributed by atoms with Crippen LogP contribution in [0.5, 0.6) is 0 Å². The number of piperidine rings is 1. The van der Waals surface area contributed by atoms with Crippen LogP contribution in [-0.2, 0) is 9.59 Å². The van der Waals surface area contributed by atoms with E-state index in [4.69, 9.17) is 5.73 Å². The molecule has 0 spiro atoms. The van der Waals surface area contributed by atoms with Gasteiger partial charge in [0, 0.05) is 45.2 Å². The van der Waals surface area contributed by atoms with Gasteiger partial charge in [-0.2, -0.15) is 0 Å². The molecule has 2 aliphatic rings. The molecule has 0 aromatic heterocycles. The van der Waals surface area contributed by atoms with Crippen molar-refractivity contribution in [1.29, 1.82) is 0 Å². The van der Waals surface area contributed by atoms with Crippen LogP contribution in [0.15, 0.2) is 0 Å². The number of hydrogen-bond acceptors (Lipinski definition) is 4. The number of likely N-dealkylation sites (tertiary alicyclic amines) is 1. The van der Waals surface area contributed by atoms with Gasteiger partial charge in [-0.25, -0.2) is 4.79 Å². The highest BCUT2D eigenvalue weighted by atomic mass is 35.5. The summed E-state index contributed by atoms with van der Waals surface area (Å²) in [4.78, 5) is 38.1. The van der Waals surface area contributed by atoms with Crippen LogP contribution in [-0.4, -0.2) is 61.5 Å². The fourth-order valence-corrected chi connectivity index (χ4v) is 3.84.